The van der Waals surface area contributed by atoms with E-state index in [9.17, 15) is 9.90 Å². The molecule has 0 aliphatic rings. The van der Waals surface area contributed by atoms with Crippen molar-refractivity contribution in [1.82, 2.24) is 9.78 Å². The number of carbonyl (C=O) groups is 1. The molecule has 1 aromatic heterocycles. The van der Waals surface area contributed by atoms with Crippen LogP contribution in [0.25, 0.3) is 16.5 Å². The molecule has 0 saturated heterocycles. The molecule has 19 heavy (non-hydrogen) atoms. The first-order valence-corrected chi connectivity index (χ1v) is 5.93. The van der Waals surface area contributed by atoms with E-state index in [1.165, 1.54) is 0 Å². The van der Waals surface area contributed by atoms with Crippen molar-refractivity contribution in [3.05, 3.63) is 53.9 Å². The number of aromatic hydroxyl groups is 1. The summed E-state index contributed by atoms with van der Waals surface area (Å²) < 4.78 is 1.67. The number of carbonyl (C=O) groups excluding carboxylic acids is 1. The number of rotatable bonds is 2. The van der Waals surface area contributed by atoms with Gasteiger partial charge >= 0.3 is 0 Å². The Balaban J connectivity index is 2.30. The van der Waals surface area contributed by atoms with Crippen LogP contribution in [0.2, 0.25) is 0 Å². The van der Waals surface area contributed by atoms with Gasteiger partial charge in [0.2, 0.25) is 0 Å². The van der Waals surface area contributed by atoms with E-state index >= 15 is 0 Å². The molecule has 0 aliphatic carbocycles. The van der Waals surface area contributed by atoms with Gasteiger partial charge in [-0.25, -0.2) is 4.68 Å². The van der Waals surface area contributed by atoms with Gasteiger partial charge in [0.1, 0.15) is 5.75 Å². The normalized spacial score (nSPS) is 10.8. The lowest BCUT2D eigenvalue weighted by atomic mass is 10.1. The number of phenols is 1. The summed E-state index contributed by atoms with van der Waals surface area (Å²) in [6, 6.07) is 11.0. The predicted molar refractivity (Wildman–Crippen MR) is 72.9 cm³/mol. The van der Waals surface area contributed by atoms with Crippen LogP contribution in [0.5, 0.6) is 5.75 Å². The minimum Gasteiger partial charge on any atom is -0.507 e. The summed E-state index contributed by atoms with van der Waals surface area (Å²) in [5.41, 5.74) is 2.09. The highest BCUT2D eigenvalue weighted by molar-refractivity contribution is 5.94. The van der Waals surface area contributed by atoms with Crippen molar-refractivity contribution in [2.75, 3.05) is 0 Å². The Labute approximate surface area is 109 Å². The molecule has 1 N–H and O–H groups in total. The zero-order valence-corrected chi connectivity index (χ0v) is 10.4. The van der Waals surface area contributed by atoms with Crippen LogP contribution in [0, 0.1) is 6.92 Å². The number of aldehydes is 1. The van der Waals surface area contributed by atoms with Crippen molar-refractivity contribution < 1.29 is 9.90 Å². The SMILES string of the molecule is Cc1nn(-c2cccc3c(O)cccc23)cc1C=O. The summed E-state index contributed by atoms with van der Waals surface area (Å²) in [5, 5.41) is 15.9. The molecule has 0 radical (unpaired) electrons. The lowest BCUT2D eigenvalue weighted by molar-refractivity contribution is 0.112. The maximum atomic E-state index is 10.9. The first kappa shape index (κ1) is 11.5. The minimum absolute atomic E-state index is 0.235. The lowest BCUT2D eigenvalue weighted by Gasteiger charge is -2.07. The number of fused-ring (bicyclic) bond motifs is 1. The van der Waals surface area contributed by atoms with Crippen molar-refractivity contribution >= 4 is 17.1 Å². The number of aryl methyl sites for hydroxylation is 1. The zero-order valence-electron chi connectivity index (χ0n) is 10.4. The molecule has 0 bridgehead atoms. The van der Waals surface area contributed by atoms with Gasteiger partial charge < -0.3 is 5.11 Å². The molecule has 0 spiro atoms. The van der Waals surface area contributed by atoms with E-state index in [1.54, 1.807) is 29.9 Å². The quantitative estimate of drug-likeness (QED) is 0.713. The third-order valence-corrected chi connectivity index (χ3v) is 3.19. The second-order valence-electron chi connectivity index (χ2n) is 4.38. The topological polar surface area (TPSA) is 55.1 Å². The molecule has 4 nitrogen and oxygen atoms in total. The van der Waals surface area contributed by atoms with Gasteiger partial charge in [0.25, 0.3) is 0 Å². The average Bonchev–Trinajstić information content (AvgIpc) is 2.80. The molecular formula is C15H12N2O2. The standard InChI is InChI=1S/C15H12N2O2/c1-10-11(9-18)8-17(16-10)14-6-2-5-13-12(14)4-3-7-15(13)19/h2-9,19H,1H3. The van der Waals surface area contributed by atoms with E-state index in [4.69, 9.17) is 0 Å². The van der Waals surface area contributed by atoms with Crippen molar-refractivity contribution in [3.8, 4) is 11.4 Å². The first-order chi connectivity index (χ1) is 9.20. The highest BCUT2D eigenvalue weighted by Crippen LogP contribution is 2.28. The molecule has 3 rings (SSSR count). The largest absolute Gasteiger partial charge is 0.507 e. The van der Waals surface area contributed by atoms with Crippen LogP contribution in [0.1, 0.15) is 16.1 Å². The Morgan fingerprint density at radius 3 is 2.63 bits per heavy atom. The van der Waals surface area contributed by atoms with E-state index in [0.29, 0.717) is 11.3 Å². The maximum Gasteiger partial charge on any atom is 0.153 e. The van der Waals surface area contributed by atoms with Crippen LogP contribution in [0.4, 0.5) is 0 Å². The van der Waals surface area contributed by atoms with Crippen molar-refractivity contribution in [2.24, 2.45) is 0 Å². The van der Waals surface area contributed by atoms with E-state index in [2.05, 4.69) is 5.10 Å². The minimum atomic E-state index is 0.235. The molecule has 2 aromatic carbocycles. The highest BCUT2D eigenvalue weighted by Gasteiger charge is 2.09. The number of benzene rings is 2. The monoisotopic (exact) mass is 252 g/mol. The summed E-state index contributed by atoms with van der Waals surface area (Å²) in [6.07, 6.45) is 2.49. The van der Waals surface area contributed by atoms with Crippen LogP contribution in [-0.2, 0) is 0 Å². The molecule has 4 heteroatoms. The van der Waals surface area contributed by atoms with Crippen LogP contribution in [-0.4, -0.2) is 21.2 Å². The Kier molecular flexibility index (Phi) is 2.56. The first-order valence-electron chi connectivity index (χ1n) is 5.93. The average molecular weight is 252 g/mol. The summed E-state index contributed by atoms with van der Waals surface area (Å²) in [6.45, 7) is 1.79. The second-order valence-corrected chi connectivity index (χ2v) is 4.38. The highest BCUT2D eigenvalue weighted by atomic mass is 16.3. The van der Waals surface area contributed by atoms with Gasteiger partial charge in [-0.1, -0.05) is 24.3 Å². The third kappa shape index (κ3) is 1.78. The van der Waals surface area contributed by atoms with Gasteiger partial charge in [0.15, 0.2) is 6.29 Å². The van der Waals surface area contributed by atoms with E-state index in [1.807, 2.05) is 24.3 Å². The fourth-order valence-electron chi connectivity index (χ4n) is 2.19. The smallest absolute Gasteiger partial charge is 0.153 e. The van der Waals surface area contributed by atoms with E-state index in [-0.39, 0.29) is 5.75 Å². The molecule has 0 saturated carbocycles. The third-order valence-electron chi connectivity index (χ3n) is 3.19. The summed E-state index contributed by atoms with van der Waals surface area (Å²) in [5.74, 6) is 0.235. The number of phenolic OH excluding ortho intramolecular Hbond substituents is 1. The van der Waals surface area contributed by atoms with Crippen LogP contribution in [0.15, 0.2) is 42.6 Å². The zero-order chi connectivity index (χ0) is 13.4. The van der Waals surface area contributed by atoms with Gasteiger partial charge in [-0.2, -0.15) is 5.10 Å². The fourth-order valence-corrected chi connectivity index (χ4v) is 2.19. The van der Waals surface area contributed by atoms with Gasteiger partial charge in [-0.05, 0) is 19.1 Å². The van der Waals surface area contributed by atoms with Crippen LogP contribution < -0.4 is 0 Å². The van der Waals surface area contributed by atoms with Gasteiger partial charge in [-0.15, -0.1) is 0 Å². The summed E-state index contributed by atoms with van der Waals surface area (Å²) in [7, 11) is 0. The fraction of sp³-hybridized carbons (Fsp3) is 0.0667. The molecule has 94 valence electrons. The van der Waals surface area contributed by atoms with Gasteiger partial charge in [-0.3, -0.25) is 4.79 Å². The predicted octanol–water partition coefficient (Wildman–Crippen LogP) is 2.85. The Morgan fingerprint density at radius 2 is 1.89 bits per heavy atom. The Bertz CT molecular complexity index is 775. The van der Waals surface area contributed by atoms with Crippen molar-refractivity contribution in [3.63, 3.8) is 0 Å². The lowest BCUT2D eigenvalue weighted by Crippen LogP contribution is -1.96. The molecule has 0 fully saturated rings. The molecule has 1 heterocycles. The number of nitrogens with zero attached hydrogens (tertiary/aromatic N) is 2. The molecule has 0 amide bonds. The van der Waals surface area contributed by atoms with Crippen LogP contribution in [0.3, 0.4) is 0 Å². The molecule has 0 aliphatic heterocycles. The van der Waals surface area contributed by atoms with Crippen molar-refractivity contribution in [1.29, 1.82) is 0 Å². The number of hydrogen-bond acceptors (Lipinski definition) is 3. The number of hydrogen-bond donors (Lipinski definition) is 1. The van der Waals surface area contributed by atoms with Crippen LogP contribution >= 0.6 is 0 Å². The number of aromatic nitrogens is 2. The van der Waals surface area contributed by atoms with E-state index in [0.717, 1.165) is 22.7 Å². The molecular weight excluding hydrogens is 240 g/mol. The molecule has 0 unspecified atom stereocenters. The summed E-state index contributed by atoms with van der Waals surface area (Å²) >= 11 is 0. The Morgan fingerprint density at radius 1 is 1.16 bits per heavy atom. The molecule has 3 aromatic rings. The van der Waals surface area contributed by atoms with Crippen molar-refractivity contribution in [2.45, 2.75) is 6.92 Å². The van der Waals surface area contributed by atoms with E-state index < -0.39 is 0 Å². The van der Waals surface area contributed by atoms with Gasteiger partial charge in [0.05, 0.1) is 16.9 Å². The Hall–Kier alpha value is -2.62. The van der Waals surface area contributed by atoms with Gasteiger partial charge in [0, 0.05) is 17.0 Å². The molecule has 0 atom stereocenters. The maximum absolute atomic E-state index is 10.9. The summed E-state index contributed by atoms with van der Waals surface area (Å²) in [4.78, 5) is 10.9. The second kappa shape index (κ2) is 4.24.